The lowest BCUT2D eigenvalue weighted by atomic mass is 9.84. The fraction of sp³-hybridized carbons (Fsp3) is 0.429. The number of carboxylic acids is 1. The van der Waals surface area contributed by atoms with E-state index in [0.717, 1.165) is 34.4 Å². The number of carbonyl (C=O) groups is 2. The van der Waals surface area contributed by atoms with Crippen LogP contribution < -0.4 is 10.1 Å². The van der Waals surface area contributed by atoms with Gasteiger partial charge in [0.05, 0.1) is 0 Å². The second-order valence-electron chi connectivity index (χ2n) is 11.5. The molecule has 4 rings (SSSR count). The van der Waals surface area contributed by atoms with E-state index in [1.54, 1.807) is 6.07 Å². The van der Waals surface area contributed by atoms with Gasteiger partial charge < -0.3 is 20.3 Å². The third-order valence-electron chi connectivity index (χ3n) is 8.36. The number of aryl methyl sites for hydroxylation is 1. The second kappa shape index (κ2) is 15.5. The summed E-state index contributed by atoms with van der Waals surface area (Å²) in [6, 6.07) is 22.7. The van der Waals surface area contributed by atoms with Gasteiger partial charge in [-0.15, -0.1) is 0 Å². The first-order valence-corrected chi connectivity index (χ1v) is 15.1. The van der Waals surface area contributed by atoms with Crippen LogP contribution in [0, 0.1) is 12.8 Å². The molecule has 3 aromatic carbocycles. The summed E-state index contributed by atoms with van der Waals surface area (Å²) in [6.07, 6.45) is 7.48. The Hall–Kier alpha value is -3.68. The lowest BCUT2D eigenvalue weighted by Gasteiger charge is -2.33. The van der Waals surface area contributed by atoms with E-state index in [0.29, 0.717) is 24.6 Å². The maximum absolute atomic E-state index is 13.3. The van der Waals surface area contributed by atoms with Gasteiger partial charge in [0.25, 0.3) is 5.91 Å². The molecule has 2 unspecified atom stereocenters. The van der Waals surface area contributed by atoms with E-state index in [9.17, 15) is 19.8 Å². The number of carbonyl (C=O) groups excluding carboxylic acids is 1. The molecule has 0 saturated heterocycles. The van der Waals surface area contributed by atoms with Crippen molar-refractivity contribution in [3.8, 4) is 16.9 Å². The molecule has 1 aliphatic rings. The Bertz CT molecular complexity index is 1310. The minimum Gasteiger partial charge on any atom is -0.492 e. The van der Waals surface area contributed by atoms with Crippen molar-refractivity contribution in [2.24, 2.45) is 5.92 Å². The van der Waals surface area contributed by atoms with Crippen LogP contribution in [0.3, 0.4) is 0 Å². The SMILES string of the molecule is Cc1ccccc1-c1cc(CN(C)C(COc2ccccc2)CC2CCCCC2)ccc1C(=O)NC(CCO)C(=O)O. The first-order valence-electron chi connectivity index (χ1n) is 15.1. The Morgan fingerprint density at radius 3 is 2.38 bits per heavy atom. The predicted octanol–water partition coefficient (Wildman–Crippen LogP) is 6.08. The molecule has 1 saturated carbocycles. The quantitative estimate of drug-likeness (QED) is 0.217. The number of aliphatic carboxylic acids is 1. The summed E-state index contributed by atoms with van der Waals surface area (Å²) in [7, 11) is 2.14. The zero-order chi connectivity index (χ0) is 29.9. The topological polar surface area (TPSA) is 99.1 Å². The van der Waals surface area contributed by atoms with Gasteiger partial charge in [0.15, 0.2) is 0 Å². The number of likely N-dealkylation sites (N-methyl/N-ethyl adjacent to an activating group) is 1. The van der Waals surface area contributed by atoms with Crippen molar-refractivity contribution in [3.63, 3.8) is 0 Å². The fourth-order valence-corrected chi connectivity index (χ4v) is 5.92. The van der Waals surface area contributed by atoms with Crippen LogP contribution in [0.15, 0.2) is 72.8 Å². The molecule has 1 fully saturated rings. The number of amides is 1. The summed E-state index contributed by atoms with van der Waals surface area (Å²) >= 11 is 0. The van der Waals surface area contributed by atoms with Crippen LogP contribution in [0.1, 0.15) is 66.4 Å². The summed E-state index contributed by atoms with van der Waals surface area (Å²) in [5, 5.41) is 21.4. The van der Waals surface area contributed by atoms with Crippen LogP contribution in [-0.4, -0.2) is 59.3 Å². The molecule has 0 bridgehead atoms. The predicted molar refractivity (Wildman–Crippen MR) is 166 cm³/mol. The highest BCUT2D eigenvalue weighted by Crippen LogP contribution is 2.31. The number of benzene rings is 3. The summed E-state index contributed by atoms with van der Waals surface area (Å²) in [5.74, 6) is -0.0758. The lowest BCUT2D eigenvalue weighted by Crippen LogP contribution is -2.41. The fourth-order valence-electron chi connectivity index (χ4n) is 5.92. The Labute approximate surface area is 249 Å². The number of aliphatic hydroxyl groups is 1. The largest absolute Gasteiger partial charge is 0.492 e. The molecule has 0 spiro atoms. The zero-order valence-electron chi connectivity index (χ0n) is 24.8. The third kappa shape index (κ3) is 8.66. The monoisotopic (exact) mass is 572 g/mol. The molecule has 0 aromatic heterocycles. The minimum atomic E-state index is -1.17. The van der Waals surface area contributed by atoms with Crippen LogP contribution in [-0.2, 0) is 11.3 Å². The van der Waals surface area contributed by atoms with Crippen molar-refractivity contribution in [3.05, 3.63) is 89.5 Å². The third-order valence-corrected chi connectivity index (χ3v) is 8.36. The Morgan fingerprint density at radius 2 is 1.69 bits per heavy atom. The van der Waals surface area contributed by atoms with Gasteiger partial charge in [-0.05, 0) is 72.8 Å². The van der Waals surface area contributed by atoms with E-state index in [4.69, 9.17) is 4.74 Å². The van der Waals surface area contributed by atoms with Gasteiger partial charge >= 0.3 is 5.97 Å². The molecule has 1 amide bonds. The lowest BCUT2D eigenvalue weighted by molar-refractivity contribution is -0.139. The highest BCUT2D eigenvalue weighted by molar-refractivity contribution is 6.02. The summed E-state index contributed by atoms with van der Waals surface area (Å²) < 4.78 is 6.24. The molecule has 0 radical (unpaired) electrons. The molecule has 3 aromatic rings. The summed E-state index contributed by atoms with van der Waals surface area (Å²) in [5.41, 5.74) is 4.17. The van der Waals surface area contributed by atoms with E-state index in [2.05, 4.69) is 17.3 Å². The van der Waals surface area contributed by atoms with Gasteiger partial charge in [0.1, 0.15) is 18.4 Å². The Morgan fingerprint density at radius 1 is 0.976 bits per heavy atom. The standard InChI is InChI=1S/C35H44N2O5/c1-25-11-9-10-16-30(25)32-22-27(17-18-31(32)34(39)36-33(19-20-38)35(40)41)23-37(2)28(21-26-12-5-3-6-13-26)24-42-29-14-7-4-8-15-29/h4,7-11,14-18,22,26,28,33,38H,3,5-6,12-13,19-21,23-24H2,1-2H3,(H,36,39)(H,40,41). The van der Waals surface area contributed by atoms with Crippen molar-refractivity contribution < 1.29 is 24.5 Å². The molecule has 42 heavy (non-hydrogen) atoms. The number of rotatable bonds is 14. The molecular formula is C35H44N2O5. The molecule has 2 atom stereocenters. The van der Waals surface area contributed by atoms with E-state index in [1.165, 1.54) is 32.1 Å². The number of carboxylic acid groups (broad SMARTS) is 1. The minimum absolute atomic E-state index is 0.0584. The normalized spacial score (nSPS) is 15.2. The van der Waals surface area contributed by atoms with Crippen LogP contribution >= 0.6 is 0 Å². The maximum Gasteiger partial charge on any atom is 0.326 e. The number of nitrogens with one attached hydrogen (secondary N) is 1. The van der Waals surface area contributed by atoms with Crippen molar-refractivity contribution in [2.45, 2.75) is 70.5 Å². The Balaban J connectivity index is 1.59. The smallest absolute Gasteiger partial charge is 0.326 e. The molecule has 0 aliphatic heterocycles. The van der Waals surface area contributed by atoms with Crippen molar-refractivity contribution in [1.29, 1.82) is 0 Å². The highest BCUT2D eigenvalue weighted by Gasteiger charge is 2.25. The number of para-hydroxylation sites is 1. The molecule has 224 valence electrons. The van der Waals surface area contributed by atoms with Crippen LogP contribution in [0.2, 0.25) is 0 Å². The van der Waals surface area contributed by atoms with E-state index >= 15 is 0 Å². The van der Waals surface area contributed by atoms with Gasteiger partial charge in [-0.3, -0.25) is 9.69 Å². The zero-order valence-corrected chi connectivity index (χ0v) is 24.8. The van der Waals surface area contributed by atoms with Crippen LogP contribution in [0.4, 0.5) is 0 Å². The average Bonchev–Trinajstić information content (AvgIpc) is 3.00. The van der Waals surface area contributed by atoms with Gasteiger partial charge in [0, 0.05) is 31.2 Å². The molecular weight excluding hydrogens is 528 g/mol. The van der Waals surface area contributed by atoms with Gasteiger partial charge in [-0.2, -0.15) is 0 Å². The Kier molecular flexibility index (Phi) is 11.6. The highest BCUT2D eigenvalue weighted by atomic mass is 16.5. The number of nitrogens with zero attached hydrogens (tertiary/aromatic N) is 1. The average molecular weight is 573 g/mol. The first-order chi connectivity index (χ1) is 20.4. The van der Waals surface area contributed by atoms with Gasteiger partial charge in [-0.1, -0.05) is 80.6 Å². The van der Waals surface area contributed by atoms with E-state index in [1.807, 2.05) is 73.7 Å². The van der Waals surface area contributed by atoms with Crippen LogP contribution in [0.25, 0.3) is 11.1 Å². The van der Waals surface area contributed by atoms with Crippen molar-refractivity contribution >= 4 is 11.9 Å². The number of ether oxygens (including phenoxy) is 1. The molecule has 3 N–H and O–H groups in total. The van der Waals surface area contributed by atoms with Crippen LogP contribution in [0.5, 0.6) is 5.75 Å². The summed E-state index contributed by atoms with van der Waals surface area (Å²) in [4.78, 5) is 27.3. The number of aliphatic hydroxyl groups excluding tert-OH is 1. The summed E-state index contributed by atoms with van der Waals surface area (Å²) in [6.45, 7) is 2.95. The number of hydrogen-bond acceptors (Lipinski definition) is 5. The van der Waals surface area contributed by atoms with Crippen molar-refractivity contribution in [1.82, 2.24) is 10.2 Å². The van der Waals surface area contributed by atoms with E-state index in [-0.39, 0.29) is 19.1 Å². The first kappa shape index (κ1) is 31.3. The maximum atomic E-state index is 13.3. The molecule has 7 heteroatoms. The molecule has 7 nitrogen and oxygen atoms in total. The second-order valence-corrected chi connectivity index (χ2v) is 11.5. The molecule has 1 aliphatic carbocycles. The van der Waals surface area contributed by atoms with Gasteiger partial charge in [-0.25, -0.2) is 4.79 Å². The number of hydrogen-bond donors (Lipinski definition) is 3. The molecule has 0 heterocycles. The van der Waals surface area contributed by atoms with Gasteiger partial charge in [0.2, 0.25) is 0 Å². The van der Waals surface area contributed by atoms with Crippen molar-refractivity contribution in [2.75, 3.05) is 20.3 Å². The van der Waals surface area contributed by atoms with E-state index < -0.39 is 17.9 Å².